The van der Waals surface area contributed by atoms with E-state index in [4.69, 9.17) is 46.1 Å². The number of fused-ring (bicyclic) bond motifs is 6. The molecule has 3 N–H and O–H groups in total. The zero-order valence-corrected chi connectivity index (χ0v) is 60.2. The largest absolute Gasteiger partial charge is 0.741 e. The highest BCUT2D eigenvalue weighted by atomic mass is 32.2. The molecule has 19 heteroatoms. The van der Waals surface area contributed by atoms with Crippen molar-refractivity contribution >= 4 is 48.7 Å². The quantitative estimate of drug-likeness (QED) is 0.0350. The Morgan fingerprint density at radius 2 is 1.15 bits per heavy atom. The lowest BCUT2D eigenvalue weighted by Crippen LogP contribution is -2.36. The molecule has 0 radical (unpaired) electrons. The number of hydrogen-bond acceptors (Lipinski definition) is 14. The van der Waals surface area contributed by atoms with Gasteiger partial charge in [-0.15, -0.1) is 0 Å². The van der Waals surface area contributed by atoms with Gasteiger partial charge in [-0.1, -0.05) is 131 Å². The fraction of sp³-hybridized carbons (Fsp3) is 0.434. The number of hydrogen-bond donors (Lipinski definition) is 3. The standard InChI is InChI=1S/C82H94N2O10.CHF3O3S/c1-9-20-63-51-68(48-61(87)28-18-30-66-50-67(93-79(92-66)57-24-16-27-60(86)46-57)32-19-31-65-49-62(10-2)89-78(91-65)56-23-15-26-59(85)45-56)94-80(90-63)58-25-17-29-64(47-58)88-77-54(39-43-73-81(3,4)75-69-33-13-11-21-52(69)37-41-71(75)83(73)7)35-36-55(77)40-44-74-82(5,6)76-70-34-14-12-22-53(70)38-42-72(76)84(74)8;2-1(3,4)8(5,6)7/h11-17,21-27,29,33-34,37-47,61-63,65-68,78-80,87H,9-10,18-20,28,30-32,35-36,48-51H2,1-8H3,(H-,85,86);(H,5,6,7). The molecule has 102 heavy (non-hydrogen) atoms. The molecule has 10 atom stereocenters. The topological polar surface area (TPSA) is 189 Å². The van der Waals surface area contributed by atoms with Crippen molar-refractivity contribution in [2.24, 2.45) is 0 Å². The molecule has 13 rings (SSSR count). The second-order valence-electron chi connectivity index (χ2n) is 29.0. The summed E-state index contributed by atoms with van der Waals surface area (Å²) in [6.07, 6.45) is 18.3. The van der Waals surface area contributed by atoms with Gasteiger partial charge in [-0.3, -0.25) is 0 Å². The number of alkyl halides is 3. The van der Waals surface area contributed by atoms with Crippen LogP contribution in [0.5, 0.6) is 17.2 Å². The van der Waals surface area contributed by atoms with Crippen LogP contribution in [0.2, 0.25) is 0 Å². The van der Waals surface area contributed by atoms with Crippen LogP contribution in [0.15, 0.2) is 192 Å². The minimum Gasteiger partial charge on any atom is -0.741 e. The van der Waals surface area contributed by atoms with Gasteiger partial charge in [-0.05, 0) is 183 Å². The molecule has 6 aliphatic rings. The summed E-state index contributed by atoms with van der Waals surface area (Å²) >= 11 is 0. The lowest BCUT2D eigenvalue weighted by molar-refractivity contribution is -0.401. The minimum atomic E-state index is -6.09. The van der Waals surface area contributed by atoms with Crippen LogP contribution in [-0.4, -0.2) is 101 Å². The number of likely N-dealkylation sites (N-methyl/N-ethyl adjacent to an activating group) is 1. The van der Waals surface area contributed by atoms with Crippen molar-refractivity contribution in [2.75, 3.05) is 19.0 Å². The summed E-state index contributed by atoms with van der Waals surface area (Å²) in [5.74, 6) is 1.94. The van der Waals surface area contributed by atoms with Crippen LogP contribution in [0, 0.1) is 0 Å². The van der Waals surface area contributed by atoms with Crippen LogP contribution in [0.3, 0.4) is 0 Å². The van der Waals surface area contributed by atoms with Gasteiger partial charge in [-0.25, -0.2) is 8.42 Å². The molecule has 0 saturated carbocycles. The molecule has 1 aliphatic carbocycles. The highest BCUT2D eigenvalue weighted by Crippen LogP contribution is 2.51. The Balaban J connectivity index is 0.00000116. The summed E-state index contributed by atoms with van der Waals surface area (Å²) in [5.41, 5.74) is 6.28. The van der Waals surface area contributed by atoms with Crippen molar-refractivity contribution < 1.29 is 79.2 Å². The van der Waals surface area contributed by atoms with Gasteiger partial charge < -0.3 is 57.9 Å². The smallest absolute Gasteiger partial charge is 0.485 e. The van der Waals surface area contributed by atoms with Gasteiger partial charge in [0.1, 0.15) is 30.1 Å². The van der Waals surface area contributed by atoms with Crippen LogP contribution in [0.1, 0.15) is 185 Å². The van der Waals surface area contributed by atoms with E-state index in [9.17, 15) is 28.5 Å². The van der Waals surface area contributed by atoms with Crippen molar-refractivity contribution in [3.8, 4) is 17.2 Å². The third-order valence-electron chi connectivity index (χ3n) is 21.0. The Kier molecular flexibility index (Phi) is 22.7. The highest BCUT2D eigenvalue weighted by Gasteiger charge is 2.45. The van der Waals surface area contributed by atoms with E-state index >= 15 is 0 Å². The summed E-state index contributed by atoms with van der Waals surface area (Å²) in [6, 6.07) is 48.9. The average Bonchev–Trinajstić information content (AvgIpc) is 1.58. The molecule has 15 nitrogen and oxygen atoms in total. The van der Waals surface area contributed by atoms with E-state index in [2.05, 4.69) is 174 Å². The lowest BCUT2D eigenvalue weighted by Gasteiger charge is -2.38. The first kappa shape index (κ1) is 74.0. The van der Waals surface area contributed by atoms with Crippen molar-refractivity contribution in [3.05, 3.63) is 220 Å². The summed E-state index contributed by atoms with van der Waals surface area (Å²) < 4.78 is 108. The van der Waals surface area contributed by atoms with E-state index in [1.807, 2.05) is 36.4 Å². The monoisotopic (exact) mass is 1420 g/mol. The number of allylic oxidation sites excluding steroid dienone is 7. The molecule has 10 unspecified atom stereocenters. The molecule has 3 saturated heterocycles. The molecule has 5 aliphatic heterocycles. The summed E-state index contributed by atoms with van der Waals surface area (Å²) in [7, 11) is -1.71. The normalized spacial score (nSPS) is 25.3. The third kappa shape index (κ3) is 16.6. The van der Waals surface area contributed by atoms with E-state index in [-0.39, 0.29) is 59.0 Å². The Hall–Kier alpha value is -7.69. The summed E-state index contributed by atoms with van der Waals surface area (Å²) in [5, 5.41) is 37.6. The van der Waals surface area contributed by atoms with E-state index in [0.29, 0.717) is 25.0 Å². The van der Waals surface area contributed by atoms with Crippen LogP contribution in [0.4, 0.5) is 24.5 Å². The number of aliphatic hydroxyl groups is 1. The second-order valence-corrected chi connectivity index (χ2v) is 30.4. The maximum atomic E-state index is 11.8. The number of anilines is 1. The average molecular weight is 1420 g/mol. The number of nitrogens with zero attached hydrogens (tertiary/aromatic N) is 2. The molecular formula is C83H95F3N2O13S. The van der Waals surface area contributed by atoms with E-state index < -0.39 is 40.6 Å². The van der Waals surface area contributed by atoms with E-state index in [1.54, 1.807) is 24.3 Å². The first-order valence-electron chi connectivity index (χ1n) is 36.0. The van der Waals surface area contributed by atoms with Crippen LogP contribution in [0.25, 0.3) is 21.5 Å². The first-order chi connectivity index (χ1) is 48.8. The van der Waals surface area contributed by atoms with Gasteiger partial charge in [0.25, 0.3) is 0 Å². The maximum absolute atomic E-state index is 11.8. The number of halogens is 3. The summed E-state index contributed by atoms with van der Waals surface area (Å²) in [6.45, 7) is 13.7. The number of ether oxygens (including phenoxy) is 7. The van der Waals surface area contributed by atoms with Crippen molar-refractivity contribution in [2.45, 2.75) is 216 Å². The predicted octanol–water partition coefficient (Wildman–Crippen LogP) is 18.6. The third-order valence-corrected chi connectivity index (χ3v) is 21.6. The number of aliphatic hydroxyl groups excluding tert-OH is 1. The Morgan fingerprint density at radius 3 is 1.74 bits per heavy atom. The fourth-order valence-corrected chi connectivity index (χ4v) is 16.0. The zero-order chi connectivity index (χ0) is 72.3. The molecule has 7 aromatic rings. The predicted molar refractivity (Wildman–Crippen MR) is 389 cm³/mol. The van der Waals surface area contributed by atoms with Crippen molar-refractivity contribution in [1.29, 1.82) is 0 Å². The van der Waals surface area contributed by atoms with E-state index in [0.717, 1.165) is 111 Å². The maximum Gasteiger partial charge on any atom is 0.485 e. The van der Waals surface area contributed by atoms with Crippen molar-refractivity contribution in [3.63, 3.8) is 0 Å². The van der Waals surface area contributed by atoms with Crippen molar-refractivity contribution in [1.82, 2.24) is 0 Å². The van der Waals surface area contributed by atoms with Gasteiger partial charge in [0, 0.05) is 77.5 Å². The second kappa shape index (κ2) is 31.3. The van der Waals surface area contributed by atoms with Gasteiger partial charge >= 0.3 is 5.51 Å². The summed E-state index contributed by atoms with van der Waals surface area (Å²) in [4.78, 5) is 2.36. The molecule has 0 spiro atoms. The Morgan fingerprint density at radius 1 is 0.627 bits per heavy atom. The number of phenols is 2. The molecule has 0 bridgehead atoms. The first-order valence-corrected chi connectivity index (χ1v) is 37.4. The van der Waals surface area contributed by atoms with Gasteiger partial charge in [0.05, 0.1) is 48.1 Å². The van der Waals surface area contributed by atoms with Gasteiger partial charge in [0.2, 0.25) is 5.69 Å². The van der Waals surface area contributed by atoms with Crippen LogP contribution >= 0.6 is 0 Å². The van der Waals surface area contributed by atoms with Gasteiger partial charge in [-0.2, -0.15) is 17.7 Å². The highest BCUT2D eigenvalue weighted by molar-refractivity contribution is 7.86. The molecule has 7 aromatic carbocycles. The molecule has 5 heterocycles. The fourth-order valence-electron chi connectivity index (χ4n) is 16.0. The minimum absolute atomic E-state index is 0.0104. The molecule has 542 valence electrons. The molecule has 0 aromatic heterocycles. The molecule has 0 amide bonds. The lowest BCUT2D eigenvalue weighted by atomic mass is 9.79. The Labute approximate surface area is 597 Å². The zero-order valence-electron chi connectivity index (χ0n) is 59.4. The molecular weight excluding hydrogens is 1320 g/mol. The number of benzene rings is 7. The van der Waals surface area contributed by atoms with Crippen LogP contribution < -0.4 is 9.64 Å². The Bertz CT molecular complexity index is 4450. The molecule has 3 fully saturated rings. The van der Waals surface area contributed by atoms with Crippen LogP contribution in [-0.2, 0) is 49.4 Å². The SMILES string of the molecule is CCCC1CC(CC(O)CCCC2CC(CCCC3CC(CC)OC(c4cccc(O)c4)O3)OC(c3cccc(O)c3)O2)OC(c2cccc(OC3=C(/C=C/C4=[N+](C)c5ccc6ccccc6c5C4(C)C)CC/C3=C\C=C3\N(C)c4ccc5ccccc5c4C3(C)C)c2)O1.O=S(=O)([O-])C(F)(F)F. The number of phenolic OH excluding ortho intramolecular Hbond substituents is 2. The van der Waals surface area contributed by atoms with Gasteiger partial charge in [0.15, 0.2) is 34.7 Å². The number of aromatic hydroxyl groups is 2. The van der Waals surface area contributed by atoms with E-state index in [1.165, 1.54) is 55.5 Å². The number of rotatable bonds is 21.